The Kier molecular flexibility index (Phi) is 3.69. The first-order valence-corrected chi connectivity index (χ1v) is 9.54. The lowest BCUT2D eigenvalue weighted by atomic mass is 9.94. The van der Waals surface area contributed by atoms with Gasteiger partial charge in [0.05, 0.1) is 17.9 Å². The molecule has 2 aromatic rings. The van der Waals surface area contributed by atoms with Crippen LogP contribution in [0.3, 0.4) is 0 Å². The first-order valence-electron chi connectivity index (χ1n) is 9.54. The minimum Gasteiger partial charge on any atom is -0.350 e. The Morgan fingerprint density at radius 3 is 2.81 bits per heavy atom. The molecule has 7 nitrogen and oxygen atoms in total. The second-order valence-corrected chi connectivity index (χ2v) is 7.77. The van der Waals surface area contributed by atoms with Crippen LogP contribution in [0.1, 0.15) is 59.1 Å². The molecule has 2 aliphatic carbocycles. The van der Waals surface area contributed by atoms with Crippen molar-refractivity contribution in [1.82, 2.24) is 19.8 Å². The van der Waals surface area contributed by atoms with Crippen LogP contribution in [0.25, 0.3) is 0 Å². The van der Waals surface area contributed by atoms with Crippen molar-refractivity contribution >= 4 is 5.91 Å². The average molecular weight is 354 g/mol. The Bertz CT molecular complexity index is 906. The van der Waals surface area contributed by atoms with Gasteiger partial charge in [0.15, 0.2) is 0 Å². The number of rotatable bonds is 4. The molecule has 136 valence electrons. The van der Waals surface area contributed by atoms with Crippen LogP contribution in [0.15, 0.2) is 21.5 Å². The summed E-state index contributed by atoms with van der Waals surface area (Å²) >= 11 is 0. The van der Waals surface area contributed by atoms with E-state index in [2.05, 4.69) is 10.3 Å². The van der Waals surface area contributed by atoms with Gasteiger partial charge in [0.1, 0.15) is 0 Å². The highest BCUT2D eigenvalue weighted by molar-refractivity contribution is 5.93. The number of likely N-dealkylation sites (tertiary alicyclic amines) is 1. The zero-order valence-electron chi connectivity index (χ0n) is 14.7. The molecule has 0 spiro atoms. The van der Waals surface area contributed by atoms with Gasteiger partial charge in [-0.25, -0.2) is 4.68 Å². The van der Waals surface area contributed by atoms with E-state index in [1.54, 1.807) is 15.6 Å². The van der Waals surface area contributed by atoms with Gasteiger partial charge in [-0.15, -0.1) is 0 Å². The first kappa shape index (κ1) is 15.8. The minimum atomic E-state index is -0.0662. The summed E-state index contributed by atoms with van der Waals surface area (Å²) in [5.74, 6) is 1.14. The first-order chi connectivity index (χ1) is 12.7. The van der Waals surface area contributed by atoms with E-state index in [0.717, 1.165) is 42.6 Å². The number of nitrogens with zero attached hydrogens (tertiary/aromatic N) is 4. The number of aromatic nitrogens is 3. The van der Waals surface area contributed by atoms with Gasteiger partial charge >= 0.3 is 0 Å². The molecule has 26 heavy (non-hydrogen) atoms. The predicted molar refractivity (Wildman–Crippen MR) is 93.0 cm³/mol. The summed E-state index contributed by atoms with van der Waals surface area (Å²) in [6.45, 7) is 1.84. The monoisotopic (exact) mass is 354 g/mol. The quantitative estimate of drug-likeness (QED) is 0.836. The summed E-state index contributed by atoms with van der Waals surface area (Å²) in [5, 5.41) is 8.58. The van der Waals surface area contributed by atoms with E-state index in [4.69, 9.17) is 4.52 Å². The second-order valence-electron chi connectivity index (χ2n) is 7.77. The Labute approximate surface area is 151 Å². The molecule has 2 fully saturated rings. The van der Waals surface area contributed by atoms with Crippen LogP contribution in [0.2, 0.25) is 0 Å². The highest BCUT2D eigenvalue weighted by Gasteiger charge is 2.36. The van der Waals surface area contributed by atoms with Gasteiger partial charge in [0.25, 0.3) is 11.5 Å². The summed E-state index contributed by atoms with van der Waals surface area (Å²) in [7, 11) is 0. The molecule has 0 bridgehead atoms. The van der Waals surface area contributed by atoms with Gasteiger partial charge in [-0.2, -0.15) is 5.10 Å². The normalized spacial score (nSPS) is 19.9. The fraction of sp³-hybridized carbons (Fsp3) is 0.579. The van der Waals surface area contributed by atoms with Crippen LogP contribution in [0.4, 0.5) is 0 Å². The molecule has 0 aromatic carbocycles. The van der Waals surface area contributed by atoms with Crippen LogP contribution in [-0.2, 0) is 19.4 Å². The fourth-order valence-corrected chi connectivity index (χ4v) is 3.99. The average Bonchev–Trinajstić information content (AvgIpc) is 3.37. The van der Waals surface area contributed by atoms with E-state index in [9.17, 15) is 9.59 Å². The number of hydrogen-bond donors (Lipinski definition) is 0. The van der Waals surface area contributed by atoms with Crippen molar-refractivity contribution in [3.63, 3.8) is 0 Å². The molecule has 1 aliphatic heterocycles. The third-order valence-corrected chi connectivity index (χ3v) is 5.71. The number of hydrogen-bond acceptors (Lipinski definition) is 5. The van der Waals surface area contributed by atoms with Crippen molar-refractivity contribution in [2.75, 3.05) is 13.1 Å². The lowest BCUT2D eigenvalue weighted by molar-refractivity contribution is 0.0416. The molecule has 0 N–H and O–H groups in total. The molecule has 0 radical (unpaired) electrons. The highest BCUT2D eigenvalue weighted by atomic mass is 16.5. The fourth-order valence-electron chi connectivity index (χ4n) is 3.99. The second kappa shape index (κ2) is 6.07. The number of carbonyl (C=O) groups is 1. The van der Waals surface area contributed by atoms with Gasteiger partial charge in [-0.3, -0.25) is 9.59 Å². The van der Waals surface area contributed by atoms with Gasteiger partial charge in [0, 0.05) is 36.6 Å². The topological polar surface area (TPSA) is 81.2 Å². The highest BCUT2D eigenvalue weighted by Crippen LogP contribution is 2.38. The van der Waals surface area contributed by atoms with Crippen LogP contribution in [0, 0.1) is 5.92 Å². The van der Waals surface area contributed by atoms with Gasteiger partial charge in [-0.1, -0.05) is 5.16 Å². The zero-order chi connectivity index (χ0) is 17.7. The summed E-state index contributed by atoms with van der Waals surface area (Å²) in [5.41, 5.74) is 2.90. The summed E-state index contributed by atoms with van der Waals surface area (Å²) in [6, 6.07) is 3.46. The lowest BCUT2D eigenvalue weighted by Gasteiger charge is -2.38. The van der Waals surface area contributed by atoms with Crippen molar-refractivity contribution in [3.8, 4) is 0 Å². The predicted octanol–water partition coefficient (Wildman–Crippen LogP) is 1.76. The Morgan fingerprint density at radius 1 is 1.19 bits per heavy atom. The molecule has 5 rings (SSSR count). The molecule has 7 heteroatoms. The van der Waals surface area contributed by atoms with Crippen molar-refractivity contribution in [1.29, 1.82) is 0 Å². The third-order valence-electron chi connectivity index (χ3n) is 5.71. The van der Waals surface area contributed by atoms with Crippen molar-refractivity contribution < 1.29 is 9.32 Å². The number of carbonyl (C=O) groups excluding carboxylic acids is 1. The molecular formula is C19H22N4O3. The van der Waals surface area contributed by atoms with E-state index in [1.165, 1.54) is 12.8 Å². The SMILES string of the molecule is O=C(c1onc2c1CCCC2)N1CC(Cn2nc(C3CC3)ccc2=O)C1. The lowest BCUT2D eigenvalue weighted by Crippen LogP contribution is -2.52. The summed E-state index contributed by atoms with van der Waals surface area (Å²) in [6.07, 6.45) is 6.31. The van der Waals surface area contributed by atoms with Gasteiger partial charge in [-0.05, 0) is 44.6 Å². The number of aryl methyl sites for hydroxylation is 1. The molecule has 1 saturated carbocycles. The van der Waals surface area contributed by atoms with Gasteiger partial charge < -0.3 is 9.42 Å². The number of fused-ring (bicyclic) bond motifs is 1. The molecular weight excluding hydrogens is 332 g/mol. The number of amides is 1. The van der Waals surface area contributed by atoms with E-state index < -0.39 is 0 Å². The molecule has 0 unspecified atom stereocenters. The van der Waals surface area contributed by atoms with Crippen LogP contribution in [0.5, 0.6) is 0 Å². The van der Waals surface area contributed by atoms with Crippen molar-refractivity contribution in [2.24, 2.45) is 5.92 Å². The third kappa shape index (κ3) is 2.75. The molecule has 2 aromatic heterocycles. The maximum Gasteiger partial charge on any atom is 0.292 e. The van der Waals surface area contributed by atoms with Crippen molar-refractivity contribution in [2.45, 2.75) is 51.0 Å². The molecule has 1 amide bonds. The van der Waals surface area contributed by atoms with Crippen LogP contribution < -0.4 is 5.56 Å². The van der Waals surface area contributed by atoms with Crippen LogP contribution >= 0.6 is 0 Å². The van der Waals surface area contributed by atoms with Gasteiger partial charge in [0.2, 0.25) is 5.76 Å². The molecule has 0 atom stereocenters. The van der Waals surface area contributed by atoms with E-state index in [-0.39, 0.29) is 17.4 Å². The molecule has 3 heterocycles. The van der Waals surface area contributed by atoms with Crippen molar-refractivity contribution in [3.05, 3.63) is 45.2 Å². The van der Waals surface area contributed by atoms with E-state index >= 15 is 0 Å². The Morgan fingerprint density at radius 2 is 2.00 bits per heavy atom. The standard InChI is InChI=1S/C19H22N4O3/c24-17-8-7-15(13-5-6-13)20-23(17)11-12-9-22(10-12)19(25)18-14-3-1-2-4-16(14)21-26-18/h7-8,12-13H,1-6,9-11H2. The van der Waals surface area contributed by atoms with Crippen LogP contribution in [-0.4, -0.2) is 38.8 Å². The maximum absolute atomic E-state index is 12.7. The molecule has 3 aliphatic rings. The Hall–Kier alpha value is -2.44. The minimum absolute atomic E-state index is 0.0658. The smallest absolute Gasteiger partial charge is 0.292 e. The maximum atomic E-state index is 12.7. The summed E-state index contributed by atoms with van der Waals surface area (Å²) < 4.78 is 6.92. The zero-order valence-corrected chi connectivity index (χ0v) is 14.7. The van der Waals surface area contributed by atoms with E-state index in [1.807, 2.05) is 6.07 Å². The largest absolute Gasteiger partial charge is 0.350 e. The summed E-state index contributed by atoms with van der Waals surface area (Å²) in [4.78, 5) is 26.5. The Balaban J connectivity index is 1.24. The molecule has 1 saturated heterocycles. The van der Waals surface area contributed by atoms with E-state index in [0.29, 0.717) is 31.3 Å².